The third-order valence-corrected chi connectivity index (χ3v) is 6.73. The molecule has 0 radical (unpaired) electrons. The number of halogens is 1. The molecule has 1 aliphatic carbocycles. The molecule has 1 aromatic rings. The van der Waals surface area contributed by atoms with Gasteiger partial charge in [0.25, 0.3) is 0 Å². The van der Waals surface area contributed by atoms with Gasteiger partial charge in [-0.05, 0) is 50.3 Å². The molecule has 1 heterocycles. The van der Waals surface area contributed by atoms with E-state index in [0.29, 0.717) is 19.1 Å². The molecule has 1 saturated heterocycles. The number of piperidine rings is 1. The number of nitro groups is 1. The maximum absolute atomic E-state index is 12.8. The standard InChI is InChI=1S/C16H23N3O5S.ClH/c1-24-16-5-4-14(10-15(16)19(20)21)25(22,23)18-8-6-13(7-9-18)17-11-12-2-3-12;/h4-5,10,12-13,17H,2-3,6-9,11H2,1H3;1H. The Morgan fingerprint density at radius 3 is 2.46 bits per heavy atom. The summed E-state index contributed by atoms with van der Waals surface area (Å²) >= 11 is 0. The number of methoxy groups -OCH3 is 1. The number of benzene rings is 1. The van der Waals surface area contributed by atoms with Crippen LogP contribution in [0.5, 0.6) is 5.75 Å². The number of nitrogens with one attached hydrogen (secondary N) is 1. The largest absolute Gasteiger partial charge is 0.490 e. The summed E-state index contributed by atoms with van der Waals surface area (Å²) < 4.78 is 31.9. The van der Waals surface area contributed by atoms with E-state index in [9.17, 15) is 18.5 Å². The van der Waals surface area contributed by atoms with Crippen LogP contribution in [0.15, 0.2) is 23.1 Å². The van der Waals surface area contributed by atoms with E-state index in [1.807, 2.05) is 0 Å². The van der Waals surface area contributed by atoms with Gasteiger partial charge in [0.05, 0.1) is 16.9 Å². The molecular weight excluding hydrogens is 382 g/mol. The fourth-order valence-corrected chi connectivity index (χ4v) is 4.57. The Labute approximate surface area is 159 Å². The molecule has 0 spiro atoms. The van der Waals surface area contributed by atoms with E-state index in [4.69, 9.17) is 4.74 Å². The average Bonchev–Trinajstić information content (AvgIpc) is 3.44. The van der Waals surface area contributed by atoms with Crippen molar-refractivity contribution in [2.75, 3.05) is 26.7 Å². The van der Waals surface area contributed by atoms with Crippen molar-refractivity contribution >= 4 is 28.1 Å². The molecule has 10 heteroatoms. The molecule has 2 fully saturated rings. The smallest absolute Gasteiger partial charge is 0.312 e. The molecule has 1 aliphatic heterocycles. The van der Waals surface area contributed by atoms with Gasteiger partial charge in [-0.3, -0.25) is 10.1 Å². The minimum atomic E-state index is -3.74. The molecule has 1 saturated carbocycles. The number of ether oxygens (including phenoxy) is 1. The van der Waals surface area contributed by atoms with Crippen molar-refractivity contribution in [3.63, 3.8) is 0 Å². The van der Waals surface area contributed by atoms with E-state index >= 15 is 0 Å². The molecule has 26 heavy (non-hydrogen) atoms. The first-order valence-electron chi connectivity index (χ1n) is 8.48. The highest BCUT2D eigenvalue weighted by Gasteiger charge is 2.32. The van der Waals surface area contributed by atoms with Gasteiger partial charge in [0.1, 0.15) is 0 Å². The lowest BCUT2D eigenvalue weighted by atomic mass is 10.1. The summed E-state index contributed by atoms with van der Waals surface area (Å²) in [5.41, 5.74) is -0.343. The van der Waals surface area contributed by atoms with Crippen molar-refractivity contribution in [2.24, 2.45) is 5.92 Å². The van der Waals surface area contributed by atoms with E-state index in [1.165, 1.54) is 36.4 Å². The van der Waals surface area contributed by atoms with Gasteiger partial charge < -0.3 is 10.1 Å². The second kappa shape index (κ2) is 8.51. The number of rotatable bonds is 7. The molecule has 8 nitrogen and oxygen atoms in total. The fourth-order valence-electron chi connectivity index (χ4n) is 3.08. The van der Waals surface area contributed by atoms with Crippen molar-refractivity contribution in [1.82, 2.24) is 9.62 Å². The minimum absolute atomic E-state index is 0. The van der Waals surface area contributed by atoms with Gasteiger partial charge in [-0.15, -0.1) is 12.4 Å². The monoisotopic (exact) mass is 405 g/mol. The van der Waals surface area contributed by atoms with Gasteiger partial charge in [-0.2, -0.15) is 4.31 Å². The number of hydrogen-bond donors (Lipinski definition) is 1. The van der Waals surface area contributed by atoms with Crippen LogP contribution in [0.1, 0.15) is 25.7 Å². The van der Waals surface area contributed by atoms with Gasteiger partial charge in [-0.1, -0.05) is 0 Å². The van der Waals surface area contributed by atoms with Crippen LogP contribution < -0.4 is 10.1 Å². The van der Waals surface area contributed by atoms with Crippen LogP contribution in [0.4, 0.5) is 5.69 Å². The summed E-state index contributed by atoms with van der Waals surface area (Å²) in [6.45, 7) is 1.86. The van der Waals surface area contributed by atoms with E-state index in [2.05, 4.69) is 5.32 Å². The van der Waals surface area contributed by atoms with E-state index < -0.39 is 14.9 Å². The van der Waals surface area contributed by atoms with Crippen molar-refractivity contribution < 1.29 is 18.1 Å². The molecule has 1 aromatic carbocycles. The van der Waals surface area contributed by atoms with Gasteiger partial charge in [0, 0.05) is 25.2 Å². The first kappa shape index (κ1) is 20.9. The Bertz CT molecular complexity index is 746. The summed E-state index contributed by atoms with van der Waals surface area (Å²) in [6.07, 6.45) is 4.08. The maximum Gasteiger partial charge on any atom is 0.312 e. The number of nitrogens with zero attached hydrogens (tertiary/aromatic N) is 2. The predicted octanol–water partition coefficient (Wildman–Crippen LogP) is 2.18. The molecule has 3 rings (SSSR count). The zero-order valence-electron chi connectivity index (χ0n) is 14.6. The highest BCUT2D eigenvalue weighted by atomic mass is 35.5. The SMILES string of the molecule is COc1ccc(S(=O)(=O)N2CCC(NCC3CC3)CC2)cc1[N+](=O)[O-].Cl. The highest BCUT2D eigenvalue weighted by Crippen LogP contribution is 2.31. The van der Waals surface area contributed by atoms with Crippen LogP contribution in [0, 0.1) is 16.0 Å². The normalized spacial score (nSPS) is 19.0. The second-order valence-electron chi connectivity index (χ2n) is 6.62. The van der Waals surface area contributed by atoms with Crippen molar-refractivity contribution in [2.45, 2.75) is 36.6 Å². The first-order valence-corrected chi connectivity index (χ1v) is 9.92. The third-order valence-electron chi connectivity index (χ3n) is 4.83. The second-order valence-corrected chi connectivity index (χ2v) is 8.56. The van der Waals surface area contributed by atoms with Crippen molar-refractivity contribution in [1.29, 1.82) is 0 Å². The van der Waals surface area contributed by atoms with Gasteiger partial charge in [0.15, 0.2) is 5.75 Å². The third kappa shape index (κ3) is 4.64. The summed E-state index contributed by atoms with van der Waals surface area (Å²) in [5, 5.41) is 14.6. The molecule has 0 unspecified atom stereocenters. The van der Waals surface area contributed by atoms with Crippen LogP contribution in [0.25, 0.3) is 0 Å². The van der Waals surface area contributed by atoms with E-state index in [0.717, 1.165) is 31.4 Å². The average molecular weight is 406 g/mol. The van der Waals surface area contributed by atoms with Gasteiger partial charge >= 0.3 is 5.69 Å². The lowest BCUT2D eigenvalue weighted by Crippen LogP contribution is -2.45. The Morgan fingerprint density at radius 2 is 1.92 bits per heavy atom. The number of nitro benzene ring substituents is 1. The fraction of sp³-hybridized carbons (Fsp3) is 0.625. The molecule has 1 N–H and O–H groups in total. The summed E-state index contributed by atoms with van der Waals surface area (Å²) in [5.74, 6) is 0.841. The van der Waals surface area contributed by atoms with Crippen LogP contribution in [-0.2, 0) is 10.0 Å². The quantitative estimate of drug-likeness (QED) is 0.551. The van der Waals surface area contributed by atoms with Crippen LogP contribution in [0.2, 0.25) is 0 Å². The summed E-state index contributed by atoms with van der Waals surface area (Å²) in [7, 11) is -2.42. The lowest BCUT2D eigenvalue weighted by Gasteiger charge is -2.31. The predicted molar refractivity (Wildman–Crippen MR) is 99.4 cm³/mol. The molecule has 0 amide bonds. The molecule has 0 atom stereocenters. The molecule has 0 bridgehead atoms. The van der Waals surface area contributed by atoms with E-state index in [-0.39, 0.29) is 28.7 Å². The lowest BCUT2D eigenvalue weighted by molar-refractivity contribution is -0.386. The zero-order chi connectivity index (χ0) is 18.0. The van der Waals surface area contributed by atoms with Crippen molar-refractivity contribution in [3.05, 3.63) is 28.3 Å². The van der Waals surface area contributed by atoms with E-state index in [1.54, 1.807) is 0 Å². The van der Waals surface area contributed by atoms with Crippen molar-refractivity contribution in [3.8, 4) is 5.75 Å². The number of sulfonamides is 1. The molecular formula is C16H24ClN3O5S. The minimum Gasteiger partial charge on any atom is -0.490 e. The zero-order valence-corrected chi connectivity index (χ0v) is 16.2. The summed E-state index contributed by atoms with van der Waals surface area (Å²) in [6, 6.07) is 4.11. The van der Waals surface area contributed by atoms with Crippen LogP contribution in [-0.4, -0.2) is 50.4 Å². The van der Waals surface area contributed by atoms with Gasteiger partial charge in [0.2, 0.25) is 10.0 Å². The Kier molecular flexibility index (Phi) is 6.84. The molecule has 0 aromatic heterocycles. The topological polar surface area (TPSA) is 102 Å². The van der Waals surface area contributed by atoms with Crippen LogP contribution >= 0.6 is 12.4 Å². The first-order chi connectivity index (χ1) is 11.9. The number of hydrogen-bond acceptors (Lipinski definition) is 6. The Morgan fingerprint density at radius 1 is 1.27 bits per heavy atom. The molecule has 2 aliphatic rings. The van der Waals surface area contributed by atoms with Crippen LogP contribution in [0.3, 0.4) is 0 Å². The Balaban J connectivity index is 0.00000243. The van der Waals surface area contributed by atoms with Gasteiger partial charge in [-0.25, -0.2) is 8.42 Å². The maximum atomic E-state index is 12.8. The highest BCUT2D eigenvalue weighted by molar-refractivity contribution is 7.89. The molecule has 146 valence electrons. The Hall–Kier alpha value is -1.42. The summed E-state index contributed by atoms with van der Waals surface area (Å²) in [4.78, 5) is 10.4.